The van der Waals surface area contributed by atoms with Crippen LogP contribution in [-0.4, -0.2) is 17.8 Å². The first kappa shape index (κ1) is 6.37. The minimum Gasteiger partial charge on any atom is -0.229 e. The molecular formula is C4H8F2NP. The quantitative estimate of drug-likeness (QED) is 0.503. The summed E-state index contributed by atoms with van der Waals surface area (Å²) in [4.78, 5) is 0. The van der Waals surface area contributed by atoms with Gasteiger partial charge < -0.3 is 0 Å². The van der Waals surface area contributed by atoms with Gasteiger partial charge in [-0.15, -0.1) is 0 Å². The van der Waals surface area contributed by atoms with E-state index in [1.807, 2.05) is 0 Å². The number of rotatable bonds is 1. The Morgan fingerprint density at radius 2 is 1.62 bits per heavy atom. The molecule has 0 saturated carbocycles. The summed E-state index contributed by atoms with van der Waals surface area (Å²) in [6, 6.07) is 0. The Morgan fingerprint density at radius 1 is 1.12 bits per heavy atom. The van der Waals surface area contributed by atoms with E-state index < -0.39 is 8.69 Å². The van der Waals surface area contributed by atoms with Gasteiger partial charge in [0.15, 0.2) is 0 Å². The van der Waals surface area contributed by atoms with E-state index in [9.17, 15) is 8.39 Å². The highest BCUT2D eigenvalue weighted by atomic mass is 31.2. The van der Waals surface area contributed by atoms with Crippen molar-refractivity contribution in [1.82, 2.24) is 4.67 Å². The number of halogens is 2. The van der Waals surface area contributed by atoms with Crippen LogP contribution >= 0.6 is 8.69 Å². The first-order valence-corrected chi connectivity index (χ1v) is 3.75. The molecule has 0 aliphatic carbocycles. The molecule has 0 unspecified atom stereocenters. The van der Waals surface area contributed by atoms with Crippen molar-refractivity contribution in [2.45, 2.75) is 12.8 Å². The average molecular weight is 139 g/mol. The zero-order chi connectivity index (χ0) is 5.98. The van der Waals surface area contributed by atoms with E-state index in [0.29, 0.717) is 13.1 Å². The first-order valence-electron chi connectivity index (χ1n) is 2.67. The zero-order valence-corrected chi connectivity index (χ0v) is 5.37. The lowest BCUT2D eigenvalue weighted by Gasteiger charge is -2.08. The van der Waals surface area contributed by atoms with Crippen LogP contribution in [0.5, 0.6) is 0 Å². The fraction of sp³-hybridized carbons (Fsp3) is 1.00. The SMILES string of the molecule is FP(F)N1CCCC1. The molecule has 0 radical (unpaired) electrons. The van der Waals surface area contributed by atoms with Crippen molar-refractivity contribution in [1.29, 1.82) is 0 Å². The lowest BCUT2D eigenvalue weighted by Crippen LogP contribution is -2.07. The van der Waals surface area contributed by atoms with Gasteiger partial charge in [0.1, 0.15) is 0 Å². The van der Waals surface area contributed by atoms with Gasteiger partial charge >= 0.3 is 8.69 Å². The lowest BCUT2D eigenvalue weighted by atomic mass is 10.4. The molecule has 1 rings (SSSR count). The summed E-state index contributed by atoms with van der Waals surface area (Å²) in [5.74, 6) is 0. The summed E-state index contributed by atoms with van der Waals surface area (Å²) in [7, 11) is -2.77. The van der Waals surface area contributed by atoms with Crippen LogP contribution in [0, 0.1) is 0 Å². The van der Waals surface area contributed by atoms with Gasteiger partial charge in [-0.1, -0.05) is 0 Å². The monoisotopic (exact) mass is 139 g/mol. The molecule has 48 valence electrons. The molecule has 0 aromatic carbocycles. The number of hydrogen-bond acceptors (Lipinski definition) is 1. The number of hydrogen-bond donors (Lipinski definition) is 0. The summed E-state index contributed by atoms with van der Waals surface area (Å²) in [5.41, 5.74) is 0. The lowest BCUT2D eigenvalue weighted by molar-refractivity contribution is 0.491. The van der Waals surface area contributed by atoms with Crippen LogP contribution in [0.15, 0.2) is 0 Å². The average Bonchev–Trinajstić information content (AvgIpc) is 2.12. The van der Waals surface area contributed by atoms with E-state index in [1.54, 1.807) is 0 Å². The van der Waals surface area contributed by atoms with Gasteiger partial charge in [-0.25, -0.2) is 4.67 Å². The van der Waals surface area contributed by atoms with E-state index in [-0.39, 0.29) is 0 Å². The second-order valence-electron chi connectivity index (χ2n) is 1.88. The van der Waals surface area contributed by atoms with Gasteiger partial charge in [0.2, 0.25) is 0 Å². The van der Waals surface area contributed by atoms with Crippen molar-refractivity contribution >= 4 is 8.69 Å². The molecule has 0 aromatic heterocycles. The van der Waals surface area contributed by atoms with Crippen molar-refractivity contribution in [3.8, 4) is 0 Å². The second kappa shape index (κ2) is 2.70. The molecule has 0 aromatic rings. The summed E-state index contributed by atoms with van der Waals surface area (Å²) < 4.78 is 24.7. The summed E-state index contributed by atoms with van der Waals surface area (Å²) in [6.45, 7) is 1.22. The molecule has 1 fully saturated rings. The maximum atomic E-state index is 11.7. The largest absolute Gasteiger partial charge is 0.345 e. The summed E-state index contributed by atoms with van der Waals surface area (Å²) in [6.07, 6.45) is 1.90. The van der Waals surface area contributed by atoms with Gasteiger partial charge in [0.25, 0.3) is 0 Å². The van der Waals surface area contributed by atoms with Crippen LogP contribution in [0.3, 0.4) is 0 Å². The Labute approximate surface area is 48.7 Å². The predicted molar refractivity (Wildman–Crippen MR) is 29.9 cm³/mol. The van der Waals surface area contributed by atoms with Crippen molar-refractivity contribution in [3.05, 3.63) is 0 Å². The molecule has 4 heteroatoms. The van der Waals surface area contributed by atoms with Gasteiger partial charge in [-0.05, 0) is 12.8 Å². The van der Waals surface area contributed by atoms with Crippen molar-refractivity contribution in [2.75, 3.05) is 13.1 Å². The molecule has 1 aliphatic heterocycles. The van der Waals surface area contributed by atoms with Crippen LogP contribution in [-0.2, 0) is 0 Å². The highest BCUT2D eigenvalue weighted by molar-refractivity contribution is 7.43. The van der Waals surface area contributed by atoms with Gasteiger partial charge in [-0.3, -0.25) is 0 Å². The highest BCUT2D eigenvalue weighted by Gasteiger charge is 2.20. The molecule has 0 N–H and O–H groups in total. The Morgan fingerprint density at radius 3 is 1.88 bits per heavy atom. The van der Waals surface area contributed by atoms with Crippen LogP contribution in [0.4, 0.5) is 8.39 Å². The molecule has 1 saturated heterocycles. The second-order valence-corrected chi connectivity index (χ2v) is 2.87. The van der Waals surface area contributed by atoms with Gasteiger partial charge in [0.05, 0.1) is 0 Å². The van der Waals surface area contributed by atoms with E-state index in [4.69, 9.17) is 0 Å². The summed E-state index contributed by atoms with van der Waals surface area (Å²) in [5, 5.41) is 0. The van der Waals surface area contributed by atoms with Crippen molar-refractivity contribution in [2.24, 2.45) is 0 Å². The Balaban J connectivity index is 2.24. The van der Waals surface area contributed by atoms with Gasteiger partial charge in [0, 0.05) is 13.1 Å². The van der Waals surface area contributed by atoms with E-state index in [1.165, 1.54) is 4.67 Å². The maximum absolute atomic E-state index is 11.7. The van der Waals surface area contributed by atoms with Crippen molar-refractivity contribution in [3.63, 3.8) is 0 Å². The van der Waals surface area contributed by atoms with Gasteiger partial charge in [-0.2, -0.15) is 8.39 Å². The molecular weight excluding hydrogens is 131 g/mol. The predicted octanol–water partition coefficient (Wildman–Crippen LogP) is 2.25. The Kier molecular flexibility index (Phi) is 2.15. The van der Waals surface area contributed by atoms with E-state index >= 15 is 0 Å². The van der Waals surface area contributed by atoms with Crippen LogP contribution in [0.2, 0.25) is 0 Å². The van der Waals surface area contributed by atoms with Crippen molar-refractivity contribution < 1.29 is 8.39 Å². The van der Waals surface area contributed by atoms with E-state index in [2.05, 4.69) is 0 Å². The summed E-state index contributed by atoms with van der Waals surface area (Å²) >= 11 is 0. The van der Waals surface area contributed by atoms with Crippen LogP contribution in [0.25, 0.3) is 0 Å². The first-order chi connectivity index (χ1) is 3.80. The normalized spacial score (nSPS) is 22.9. The molecule has 0 bridgehead atoms. The molecule has 0 atom stereocenters. The minimum atomic E-state index is -2.77. The highest BCUT2D eigenvalue weighted by Crippen LogP contribution is 2.44. The maximum Gasteiger partial charge on any atom is 0.345 e. The van der Waals surface area contributed by atoms with Crippen LogP contribution in [0.1, 0.15) is 12.8 Å². The third-order valence-corrected chi connectivity index (χ3v) is 2.12. The Bertz CT molecular complexity index is 72.4. The smallest absolute Gasteiger partial charge is 0.229 e. The van der Waals surface area contributed by atoms with E-state index in [0.717, 1.165) is 12.8 Å². The molecule has 1 aliphatic rings. The molecule has 1 heterocycles. The fourth-order valence-electron chi connectivity index (χ4n) is 0.852. The molecule has 0 amide bonds. The molecule has 8 heavy (non-hydrogen) atoms. The topological polar surface area (TPSA) is 3.24 Å². The minimum absolute atomic E-state index is 0.610. The number of nitrogens with zero attached hydrogens (tertiary/aromatic N) is 1. The van der Waals surface area contributed by atoms with Crippen LogP contribution < -0.4 is 0 Å². The zero-order valence-electron chi connectivity index (χ0n) is 4.48. The Hall–Kier alpha value is 0.250. The standard InChI is InChI=1S/C4H8F2NP/c5-8(6)7-3-1-2-4-7/h1-4H2. The third kappa shape index (κ3) is 1.36. The molecule has 0 spiro atoms. The molecule has 1 nitrogen and oxygen atoms in total. The third-order valence-electron chi connectivity index (χ3n) is 1.30. The fourth-order valence-corrected chi connectivity index (χ4v) is 1.44.